The van der Waals surface area contributed by atoms with E-state index in [0.29, 0.717) is 5.92 Å². The van der Waals surface area contributed by atoms with Gasteiger partial charge in [-0.2, -0.15) is 0 Å². The van der Waals surface area contributed by atoms with E-state index in [0.717, 1.165) is 19.5 Å². The van der Waals surface area contributed by atoms with Gasteiger partial charge in [0.25, 0.3) is 0 Å². The van der Waals surface area contributed by atoms with Gasteiger partial charge in [0, 0.05) is 12.0 Å². The van der Waals surface area contributed by atoms with Crippen molar-refractivity contribution in [2.45, 2.75) is 25.7 Å². The van der Waals surface area contributed by atoms with Crippen LogP contribution in [0.3, 0.4) is 0 Å². The number of hydrogen-bond acceptors (Lipinski definition) is 2. The Balaban J connectivity index is 2.47. The van der Waals surface area contributed by atoms with E-state index >= 15 is 0 Å². The van der Waals surface area contributed by atoms with Crippen molar-refractivity contribution in [1.29, 1.82) is 0 Å². The second-order valence-corrected chi connectivity index (χ2v) is 5.88. The van der Waals surface area contributed by atoms with Gasteiger partial charge in [0.05, 0.1) is 5.92 Å². The number of carboxylic acid groups (broad SMARTS) is 1. The lowest BCUT2D eigenvalue weighted by Gasteiger charge is -2.48. The molecule has 1 aromatic rings. The van der Waals surface area contributed by atoms with Gasteiger partial charge >= 0.3 is 5.97 Å². The molecule has 1 heterocycles. The Morgan fingerprint density at radius 1 is 1.42 bits per heavy atom. The smallest absolute Gasteiger partial charge is 0.307 e. The lowest BCUT2D eigenvalue weighted by Crippen LogP contribution is -2.52. The predicted octanol–water partition coefficient (Wildman–Crippen LogP) is 2.62. The third-order valence-electron chi connectivity index (χ3n) is 4.83. The molecule has 0 amide bonds. The second-order valence-electron chi connectivity index (χ2n) is 5.88. The molecule has 0 aromatic heterocycles. The van der Waals surface area contributed by atoms with Gasteiger partial charge < -0.3 is 10.0 Å². The van der Waals surface area contributed by atoms with Crippen LogP contribution in [0.25, 0.3) is 0 Å². The summed E-state index contributed by atoms with van der Waals surface area (Å²) in [6.45, 7) is 5.95. The molecule has 0 aliphatic carbocycles. The van der Waals surface area contributed by atoms with Gasteiger partial charge in [-0.05, 0) is 31.5 Å². The van der Waals surface area contributed by atoms with E-state index in [-0.39, 0.29) is 11.3 Å². The number of benzene rings is 1. The zero-order valence-corrected chi connectivity index (χ0v) is 12.0. The molecule has 0 saturated carbocycles. The summed E-state index contributed by atoms with van der Waals surface area (Å²) in [5.74, 6) is -0.724. The zero-order chi connectivity index (χ0) is 14.0. The fourth-order valence-corrected chi connectivity index (χ4v) is 3.63. The molecule has 1 aliphatic rings. The maximum Gasteiger partial charge on any atom is 0.307 e. The minimum atomic E-state index is -0.694. The average molecular weight is 261 g/mol. The summed E-state index contributed by atoms with van der Waals surface area (Å²) in [7, 11) is 2.11. The number of hydrogen-bond donors (Lipinski definition) is 1. The minimum absolute atomic E-state index is 0.250. The Hall–Kier alpha value is -1.35. The molecular weight excluding hydrogens is 238 g/mol. The Morgan fingerprint density at radius 2 is 2.05 bits per heavy atom. The van der Waals surface area contributed by atoms with Gasteiger partial charge in [0.15, 0.2) is 0 Å². The van der Waals surface area contributed by atoms with Gasteiger partial charge in [0.1, 0.15) is 0 Å². The van der Waals surface area contributed by atoms with Crippen LogP contribution in [0.15, 0.2) is 30.3 Å². The molecule has 2 rings (SSSR count). The van der Waals surface area contributed by atoms with E-state index in [2.05, 4.69) is 31.0 Å². The first kappa shape index (κ1) is 14.1. The van der Waals surface area contributed by atoms with Crippen molar-refractivity contribution in [3.8, 4) is 0 Å². The van der Waals surface area contributed by atoms with Gasteiger partial charge in [-0.25, -0.2) is 0 Å². The number of aliphatic carboxylic acids is 1. The van der Waals surface area contributed by atoms with Crippen molar-refractivity contribution in [2.75, 3.05) is 20.1 Å². The summed E-state index contributed by atoms with van der Waals surface area (Å²) in [5, 5.41) is 9.53. The molecule has 0 spiro atoms. The van der Waals surface area contributed by atoms with Crippen molar-refractivity contribution >= 4 is 5.97 Å². The van der Waals surface area contributed by atoms with E-state index in [9.17, 15) is 9.90 Å². The highest BCUT2D eigenvalue weighted by Crippen LogP contribution is 2.45. The highest BCUT2D eigenvalue weighted by atomic mass is 16.4. The predicted molar refractivity (Wildman–Crippen MR) is 76.2 cm³/mol. The molecule has 1 saturated heterocycles. The average Bonchev–Trinajstić information content (AvgIpc) is 2.39. The maximum absolute atomic E-state index is 11.6. The highest BCUT2D eigenvalue weighted by molar-refractivity contribution is 5.72. The molecule has 3 atom stereocenters. The maximum atomic E-state index is 11.6. The Labute approximate surface area is 115 Å². The standard InChI is InChI=1S/C16H23NO2/c1-12-11-17(3)10-9-16(12,13(2)15(18)19)14-7-5-4-6-8-14/h4-8,12-13H,9-11H2,1-3H3,(H,18,19). The SMILES string of the molecule is CC1CN(C)CCC1(c1ccccc1)C(C)C(=O)O. The lowest BCUT2D eigenvalue weighted by atomic mass is 9.60. The van der Waals surface area contributed by atoms with Crippen molar-refractivity contribution < 1.29 is 9.90 Å². The van der Waals surface area contributed by atoms with Crippen LogP contribution < -0.4 is 0 Å². The molecule has 19 heavy (non-hydrogen) atoms. The van der Waals surface area contributed by atoms with Crippen LogP contribution in [0.2, 0.25) is 0 Å². The zero-order valence-electron chi connectivity index (χ0n) is 12.0. The monoisotopic (exact) mass is 261 g/mol. The summed E-state index contributed by atoms with van der Waals surface area (Å²) in [6, 6.07) is 10.2. The van der Waals surface area contributed by atoms with Crippen LogP contribution in [-0.4, -0.2) is 36.1 Å². The van der Waals surface area contributed by atoms with Crippen LogP contribution in [0, 0.1) is 11.8 Å². The van der Waals surface area contributed by atoms with Crippen LogP contribution in [0.5, 0.6) is 0 Å². The van der Waals surface area contributed by atoms with E-state index in [4.69, 9.17) is 0 Å². The van der Waals surface area contributed by atoms with Crippen LogP contribution in [0.1, 0.15) is 25.8 Å². The summed E-state index contributed by atoms with van der Waals surface area (Å²) >= 11 is 0. The fraction of sp³-hybridized carbons (Fsp3) is 0.562. The van der Waals surface area contributed by atoms with E-state index in [1.807, 2.05) is 25.1 Å². The number of piperidine rings is 1. The molecule has 1 aliphatic heterocycles. The van der Waals surface area contributed by atoms with Gasteiger partial charge in [0.2, 0.25) is 0 Å². The molecule has 104 valence electrons. The molecule has 3 heteroatoms. The van der Waals surface area contributed by atoms with E-state index in [1.54, 1.807) is 0 Å². The van der Waals surface area contributed by atoms with Gasteiger partial charge in [-0.3, -0.25) is 4.79 Å². The molecular formula is C16H23NO2. The fourth-order valence-electron chi connectivity index (χ4n) is 3.63. The van der Waals surface area contributed by atoms with Crippen LogP contribution in [0.4, 0.5) is 0 Å². The molecule has 1 aromatic carbocycles. The Bertz CT molecular complexity index is 445. The highest BCUT2D eigenvalue weighted by Gasteiger charge is 2.48. The summed E-state index contributed by atoms with van der Waals surface area (Å²) in [4.78, 5) is 13.9. The second kappa shape index (κ2) is 5.33. The molecule has 3 unspecified atom stereocenters. The Kier molecular flexibility index (Phi) is 3.95. The Morgan fingerprint density at radius 3 is 2.58 bits per heavy atom. The van der Waals surface area contributed by atoms with E-state index < -0.39 is 5.97 Å². The third kappa shape index (κ3) is 2.39. The topological polar surface area (TPSA) is 40.5 Å². The van der Waals surface area contributed by atoms with E-state index in [1.165, 1.54) is 5.56 Å². The van der Waals surface area contributed by atoms with Crippen molar-refractivity contribution in [3.05, 3.63) is 35.9 Å². The first-order valence-corrected chi connectivity index (χ1v) is 6.95. The molecule has 0 radical (unpaired) electrons. The van der Waals surface area contributed by atoms with Crippen LogP contribution in [-0.2, 0) is 10.2 Å². The summed E-state index contributed by atoms with van der Waals surface area (Å²) < 4.78 is 0. The number of carboxylic acids is 1. The molecule has 3 nitrogen and oxygen atoms in total. The summed E-state index contributed by atoms with van der Waals surface area (Å²) in [6.07, 6.45) is 0.905. The quantitative estimate of drug-likeness (QED) is 0.909. The lowest BCUT2D eigenvalue weighted by molar-refractivity contribution is -0.145. The van der Waals surface area contributed by atoms with Crippen molar-refractivity contribution in [1.82, 2.24) is 4.90 Å². The first-order valence-electron chi connectivity index (χ1n) is 6.95. The summed E-state index contributed by atoms with van der Waals surface area (Å²) in [5.41, 5.74) is 0.921. The van der Waals surface area contributed by atoms with Gasteiger partial charge in [-0.15, -0.1) is 0 Å². The largest absolute Gasteiger partial charge is 0.481 e. The number of likely N-dealkylation sites (tertiary alicyclic amines) is 1. The number of rotatable bonds is 3. The number of nitrogens with zero attached hydrogens (tertiary/aromatic N) is 1. The number of carbonyl (C=O) groups is 1. The van der Waals surface area contributed by atoms with Crippen LogP contribution >= 0.6 is 0 Å². The van der Waals surface area contributed by atoms with Crippen molar-refractivity contribution in [2.24, 2.45) is 11.8 Å². The normalized spacial score (nSPS) is 29.9. The molecule has 1 fully saturated rings. The minimum Gasteiger partial charge on any atom is -0.481 e. The molecule has 1 N–H and O–H groups in total. The molecule has 0 bridgehead atoms. The van der Waals surface area contributed by atoms with Crippen molar-refractivity contribution in [3.63, 3.8) is 0 Å². The third-order valence-corrected chi connectivity index (χ3v) is 4.83. The first-order chi connectivity index (χ1) is 8.98. The van der Waals surface area contributed by atoms with Gasteiger partial charge in [-0.1, -0.05) is 44.2 Å².